The molecular formula is C13H14N2O4. The second-order valence-corrected chi connectivity index (χ2v) is 4.34. The molecule has 0 saturated heterocycles. The smallest absolute Gasteiger partial charge is 0.322 e. The van der Waals surface area contributed by atoms with Gasteiger partial charge >= 0.3 is 5.97 Å². The molecule has 0 radical (unpaired) electrons. The van der Waals surface area contributed by atoms with E-state index in [0.717, 1.165) is 11.1 Å². The van der Waals surface area contributed by atoms with Crippen LogP contribution in [-0.4, -0.2) is 36.0 Å². The Morgan fingerprint density at radius 1 is 1.16 bits per heavy atom. The van der Waals surface area contributed by atoms with E-state index in [9.17, 15) is 14.4 Å². The summed E-state index contributed by atoms with van der Waals surface area (Å²) in [5.74, 6) is -2.04. The second kappa shape index (κ2) is 5.51. The Kier molecular flexibility index (Phi) is 3.79. The number of carbonyl (C=O) groups is 3. The van der Waals surface area contributed by atoms with E-state index in [1.54, 1.807) is 0 Å². The lowest BCUT2D eigenvalue weighted by atomic mass is 9.77. The first kappa shape index (κ1) is 13.1. The Bertz CT molecular complexity index is 527. The van der Waals surface area contributed by atoms with Crippen molar-refractivity contribution < 1.29 is 19.5 Å². The molecule has 0 spiro atoms. The highest BCUT2D eigenvalue weighted by molar-refractivity contribution is 5.91. The van der Waals surface area contributed by atoms with Gasteiger partial charge in [0.05, 0.1) is 12.5 Å². The quantitative estimate of drug-likeness (QED) is 0.675. The second-order valence-electron chi connectivity index (χ2n) is 4.34. The summed E-state index contributed by atoms with van der Waals surface area (Å²) in [7, 11) is 0. The average molecular weight is 262 g/mol. The number of rotatable bonds is 5. The molecule has 19 heavy (non-hydrogen) atoms. The van der Waals surface area contributed by atoms with Crippen LogP contribution in [0.25, 0.3) is 0 Å². The first-order valence-electron chi connectivity index (χ1n) is 5.92. The third kappa shape index (κ3) is 3.09. The summed E-state index contributed by atoms with van der Waals surface area (Å²) in [6.45, 7) is -0.647. The first-order valence-corrected chi connectivity index (χ1v) is 5.92. The van der Waals surface area contributed by atoms with Crippen LogP contribution in [0.4, 0.5) is 0 Å². The van der Waals surface area contributed by atoms with Crippen molar-refractivity contribution >= 4 is 17.8 Å². The van der Waals surface area contributed by atoms with E-state index >= 15 is 0 Å². The molecule has 0 aliphatic heterocycles. The number of hydrogen-bond acceptors (Lipinski definition) is 3. The highest BCUT2D eigenvalue weighted by Gasteiger charge is 2.31. The van der Waals surface area contributed by atoms with Crippen molar-refractivity contribution in [2.24, 2.45) is 0 Å². The van der Waals surface area contributed by atoms with Gasteiger partial charge in [-0.15, -0.1) is 0 Å². The fourth-order valence-electron chi connectivity index (χ4n) is 2.02. The van der Waals surface area contributed by atoms with E-state index in [-0.39, 0.29) is 18.4 Å². The third-order valence-electron chi connectivity index (χ3n) is 3.03. The highest BCUT2D eigenvalue weighted by Crippen LogP contribution is 2.34. The summed E-state index contributed by atoms with van der Waals surface area (Å²) in [5.41, 5.74) is 2.14. The van der Waals surface area contributed by atoms with E-state index < -0.39 is 18.4 Å². The summed E-state index contributed by atoms with van der Waals surface area (Å²) in [6.07, 6.45) is 0.679. The van der Waals surface area contributed by atoms with Gasteiger partial charge in [-0.2, -0.15) is 0 Å². The Labute approximate surface area is 109 Å². The Balaban J connectivity index is 1.78. The molecule has 0 fully saturated rings. The Morgan fingerprint density at radius 2 is 1.89 bits per heavy atom. The van der Waals surface area contributed by atoms with Crippen molar-refractivity contribution in [1.82, 2.24) is 10.6 Å². The minimum Gasteiger partial charge on any atom is -0.480 e. The fourth-order valence-corrected chi connectivity index (χ4v) is 2.02. The van der Waals surface area contributed by atoms with Crippen molar-refractivity contribution in [2.45, 2.75) is 12.3 Å². The maximum Gasteiger partial charge on any atom is 0.322 e. The van der Waals surface area contributed by atoms with Crippen molar-refractivity contribution in [3.8, 4) is 0 Å². The molecule has 6 heteroatoms. The van der Waals surface area contributed by atoms with Gasteiger partial charge in [0.15, 0.2) is 0 Å². The summed E-state index contributed by atoms with van der Waals surface area (Å²) in [5, 5.41) is 13.1. The number of nitrogens with one attached hydrogen (secondary N) is 2. The fraction of sp³-hybridized carbons (Fsp3) is 0.308. The zero-order chi connectivity index (χ0) is 13.8. The van der Waals surface area contributed by atoms with Crippen molar-refractivity contribution in [3.05, 3.63) is 35.4 Å². The van der Waals surface area contributed by atoms with Crippen LogP contribution in [-0.2, 0) is 20.8 Å². The maximum absolute atomic E-state index is 11.8. The predicted octanol–water partition coefficient (Wildman–Crippen LogP) is -0.357. The van der Waals surface area contributed by atoms with Gasteiger partial charge in [0.1, 0.15) is 6.54 Å². The molecule has 100 valence electrons. The van der Waals surface area contributed by atoms with Crippen LogP contribution in [0, 0.1) is 0 Å². The number of carbonyl (C=O) groups excluding carboxylic acids is 2. The van der Waals surface area contributed by atoms with E-state index in [0.29, 0.717) is 6.42 Å². The molecule has 2 rings (SSSR count). The molecule has 1 aliphatic carbocycles. The molecule has 0 aromatic heterocycles. The van der Waals surface area contributed by atoms with Crippen LogP contribution in [0.15, 0.2) is 24.3 Å². The van der Waals surface area contributed by atoms with Crippen LogP contribution in [0.3, 0.4) is 0 Å². The number of aliphatic carboxylic acids is 1. The average Bonchev–Trinajstić information content (AvgIpc) is 2.35. The SMILES string of the molecule is O=C(O)CNC(=O)CNC(=O)C1Cc2ccccc21. The monoisotopic (exact) mass is 262 g/mol. The van der Waals surface area contributed by atoms with E-state index in [1.165, 1.54) is 0 Å². The van der Waals surface area contributed by atoms with Gasteiger partial charge in [-0.3, -0.25) is 14.4 Å². The highest BCUT2D eigenvalue weighted by atomic mass is 16.4. The van der Waals surface area contributed by atoms with Gasteiger partial charge in [-0.25, -0.2) is 0 Å². The van der Waals surface area contributed by atoms with Crippen LogP contribution in [0.2, 0.25) is 0 Å². The molecule has 6 nitrogen and oxygen atoms in total. The van der Waals surface area contributed by atoms with Gasteiger partial charge in [-0.1, -0.05) is 24.3 Å². The van der Waals surface area contributed by atoms with Crippen LogP contribution in [0.5, 0.6) is 0 Å². The van der Waals surface area contributed by atoms with Gasteiger partial charge in [0.2, 0.25) is 11.8 Å². The van der Waals surface area contributed by atoms with Crippen LogP contribution in [0.1, 0.15) is 17.0 Å². The standard InChI is InChI=1S/C13H14N2O4/c16-11(14-7-12(17)18)6-15-13(19)10-5-8-3-1-2-4-9(8)10/h1-4,10H,5-7H2,(H,14,16)(H,15,19)(H,17,18). The number of carboxylic acid groups (broad SMARTS) is 1. The van der Waals surface area contributed by atoms with Crippen LogP contribution >= 0.6 is 0 Å². The molecular weight excluding hydrogens is 248 g/mol. The third-order valence-corrected chi connectivity index (χ3v) is 3.03. The number of fused-ring (bicyclic) bond motifs is 1. The van der Waals surface area contributed by atoms with Crippen molar-refractivity contribution in [1.29, 1.82) is 0 Å². The van der Waals surface area contributed by atoms with Gasteiger partial charge in [0, 0.05) is 0 Å². The Morgan fingerprint density at radius 3 is 2.58 bits per heavy atom. The molecule has 0 heterocycles. The number of amides is 2. The normalized spacial score (nSPS) is 15.9. The van der Waals surface area contributed by atoms with Crippen molar-refractivity contribution in [3.63, 3.8) is 0 Å². The number of carboxylic acids is 1. The lowest BCUT2D eigenvalue weighted by Crippen LogP contribution is -2.42. The van der Waals surface area contributed by atoms with Crippen LogP contribution < -0.4 is 10.6 Å². The minimum atomic E-state index is -1.12. The minimum absolute atomic E-state index is 0.204. The van der Waals surface area contributed by atoms with Crippen molar-refractivity contribution in [2.75, 3.05) is 13.1 Å². The molecule has 2 amide bonds. The number of hydrogen-bond donors (Lipinski definition) is 3. The summed E-state index contributed by atoms with van der Waals surface area (Å²) in [6, 6.07) is 7.66. The molecule has 1 atom stereocenters. The topological polar surface area (TPSA) is 95.5 Å². The maximum atomic E-state index is 11.8. The summed E-state index contributed by atoms with van der Waals surface area (Å²) < 4.78 is 0. The van der Waals surface area contributed by atoms with E-state index in [4.69, 9.17) is 5.11 Å². The zero-order valence-corrected chi connectivity index (χ0v) is 10.2. The zero-order valence-electron chi connectivity index (χ0n) is 10.2. The van der Waals surface area contributed by atoms with Gasteiger partial charge < -0.3 is 15.7 Å². The van der Waals surface area contributed by atoms with Gasteiger partial charge in [-0.05, 0) is 17.5 Å². The predicted molar refractivity (Wildman–Crippen MR) is 66.5 cm³/mol. The van der Waals surface area contributed by atoms with E-state index in [2.05, 4.69) is 10.6 Å². The first-order chi connectivity index (χ1) is 9.08. The molecule has 1 unspecified atom stereocenters. The summed E-state index contributed by atoms with van der Waals surface area (Å²) in [4.78, 5) is 33.3. The molecule has 0 saturated carbocycles. The Hall–Kier alpha value is -2.37. The largest absolute Gasteiger partial charge is 0.480 e. The molecule has 1 aromatic rings. The molecule has 1 aliphatic rings. The molecule has 3 N–H and O–H groups in total. The van der Waals surface area contributed by atoms with Gasteiger partial charge in [0.25, 0.3) is 0 Å². The summed E-state index contributed by atoms with van der Waals surface area (Å²) >= 11 is 0. The molecule has 0 bridgehead atoms. The lowest BCUT2D eigenvalue weighted by molar-refractivity contribution is -0.137. The lowest BCUT2D eigenvalue weighted by Gasteiger charge is -2.28. The number of benzene rings is 1. The van der Waals surface area contributed by atoms with E-state index in [1.807, 2.05) is 24.3 Å². The molecule has 1 aromatic carbocycles.